The molecule has 0 radical (unpaired) electrons. The number of aryl methyl sites for hydroxylation is 2. The van der Waals surface area contributed by atoms with Crippen molar-refractivity contribution in [3.63, 3.8) is 0 Å². The third-order valence-electron chi connectivity index (χ3n) is 3.40. The van der Waals surface area contributed by atoms with E-state index in [0.29, 0.717) is 18.8 Å². The van der Waals surface area contributed by atoms with Crippen molar-refractivity contribution in [2.75, 3.05) is 0 Å². The Bertz CT molecular complexity index is 858. The number of carbonyl (C=O) groups excluding carboxylic acids is 1. The Balaban J connectivity index is 1.46. The number of hydrogen-bond acceptors (Lipinski definition) is 6. The molecule has 0 bridgehead atoms. The summed E-state index contributed by atoms with van der Waals surface area (Å²) in [5, 5.41) is 13.7. The van der Waals surface area contributed by atoms with Gasteiger partial charge in [0.2, 0.25) is 5.91 Å². The number of carbonyl (C=O) groups is 1. The average Bonchev–Trinajstić information content (AvgIpc) is 3.20. The van der Waals surface area contributed by atoms with E-state index in [0.717, 1.165) is 22.0 Å². The van der Waals surface area contributed by atoms with Gasteiger partial charge in [-0.1, -0.05) is 17.3 Å². The molecule has 7 nitrogen and oxygen atoms in total. The second kappa shape index (κ2) is 7.89. The molecule has 0 aliphatic rings. The van der Waals surface area contributed by atoms with Crippen molar-refractivity contribution in [2.45, 2.75) is 33.5 Å². The zero-order chi connectivity index (χ0) is 17.6. The quantitative estimate of drug-likeness (QED) is 0.701. The summed E-state index contributed by atoms with van der Waals surface area (Å²) in [4.78, 5) is 16.3. The first-order chi connectivity index (χ1) is 12.1. The van der Waals surface area contributed by atoms with Crippen LogP contribution in [0.2, 0.25) is 0 Å². The van der Waals surface area contributed by atoms with Crippen LogP contribution >= 0.6 is 11.3 Å². The van der Waals surface area contributed by atoms with Crippen LogP contribution in [-0.4, -0.2) is 25.9 Å². The summed E-state index contributed by atoms with van der Waals surface area (Å²) in [6.07, 6.45) is 1.71. The van der Waals surface area contributed by atoms with Crippen molar-refractivity contribution >= 4 is 17.2 Å². The van der Waals surface area contributed by atoms with Crippen molar-refractivity contribution in [3.8, 4) is 5.75 Å². The standard InChI is InChI=1S/C17H19N5O2S/c1-12-4-3-5-16(6-12)24-10-15-8-22(21-20-15)9-17(23)18-7-14-11-25-13(2)19-14/h3-6,8,11H,7,9-10H2,1-2H3,(H,18,23). The summed E-state index contributed by atoms with van der Waals surface area (Å²) in [5.74, 6) is 0.646. The fraction of sp³-hybridized carbons (Fsp3) is 0.294. The highest BCUT2D eigenvalue weighted by Gasteiger charge is 2.08. The highest BCUT2D eigenvalue weighted by atomic mass is 32.1. The number of nitrogens with one attached hydrogen (secondary N) is 1. The topological polar surface area (TPSA) is 81.9 Å². The number of thiazole rings is 1. The molecule has 0 fully saturated rings. The van der Waals surface area contributed by atoms with Gasteiger partial charge in [0, 0.05) is 5.38 Å². The first kappa shape index (κ1) is 17.1. The third kappa shape index (κ3) is 5.12. The molecule has 1 amide bonds. The Labute approximate surface area is 149 Å². The van der Waals surface area contributed by atoms with Crippen LogP contribution in [0.3, 0.4) is 0 Å². The van der Waals surface area contributed by atoms with Gasteiger partial charge in [0.05, 0.1) is 23.4 Å². The second-order valence-electron chi connectivity index (χ2n) is 5.65. The van der Waals surface area contributed by atoms with Crippen LogP contribution < -0.4 is 10.1 Å². The number of aromatic nitrogens is 4. The number of rotatable bonds is 7. The lowest BCUT2D eigenvalue weighted by Crippen LogP contribution is -2.27. The van der Waals surface area contributed by atoms with Gasteiger partial charge in [0.15, 0.2) is 0 Å². The number of benzene rings is 1. The minimum absolute atomic E-state index is 0.112. The van der Waals surface area contributed by atoms with E-state index in [-0.39, 0.29) is 12.5 Å². The molecule has 2 heterocycles. The van der Waals surface area contributed by atoms with Crippen molar-refractivity contribution in [2.24, 2.45) is 0 Å². The van der Waals surface area contributed by atoms with E-state index >= 15 is 0 Å². The summed E-state index contributed by atoms with van der Waals surface area (Å²) >= 11 is 1.56. The molecule has 0 saturated carbocycles. The van der Waals surface area contributed by atoms with Gasteiger partial charge in [0.25, 0.3) is 0 Å². The van der Waals surface area contributed by atoms with E-state index in [1.54, 1.807) is 17.5 Å². The molecule has 25 heavy (non-hydrogen) atoms. The van der Waals surface area contributed by atoms with Crippen molar-refractivity contribution < 1.29 is 9.53 Å². The first-order valence-corrected chi connectivity index (χ1v) is 8.72. The van der Waals surface area contributed by atoms with Crippen molar-refractivity contribution in [1.29, 1.82) is 0 Å². The molecule has 1 aromatic carbocycles. The van der Waals surface area contributed by atoms with E-state index in [1.165, 1.54) is 4.68 Å². The normalized spacial score (nSPS) is 10.6. The Kier molecular flexibility index (Phi) is 5.39. The molecule has 0 aliphatic heterocycles. The predicted molar refractivity (Wildman–Crippen MR) is 94.2 cm³/mol. The SMILES string of the molecule is Cc1cccc(OCc2cn(CC(=O)NCc3csc(C)n3)nn2)c1. The maximum Gasteiger partial charge on any atom is 0.242 e. The molecular formula is C17H19N5O2S. The Hall–Kier alpha value is -2.74. The molecule has 1 N–H and O–H groups in total. The molecule has 0 saturated heterocycles. The number of nitrogens with zero attached hydrogens (tertiary/aromatic N) is 4. The van der Waals surface area contributed by atoms with E-state index in [1.807, 2.05) is 43.5 Å². The van der Waals surface area contributed by atoms with Crippen molar-refractivity contribution in [1.82, 2.24) is 25.3 Å². The number of hydrogen-bond donors (Lipinski definition) is 1. The van der Waals surface area contributed by atoms with E-state index < -0.39 is 0 Å². The summed E-state index contributed by atoms with van der Waals surface area (Å²) in [7, 11) is 0. The van der Waals surface area contributed by atoms with Crippen LogP contribution in [0.15, 0.2) is 35.8 Å². The average molecular weight is 357 g/mol. The third-order valence-corrected chi connectivity index (χ3v) is 4.22. The monoisotopic (exact) mass is 357 g/mol. The summed E-state index contributed by atoms with van der Waals surface area (Å²) in [5.41, 5.74) is 2.67. The van der Waals surface area contributed by atoms with Gasteiger partial charge in [-0.25, -0.2) is 9.67 Å². The highest BCUT2D eigenvalue weighted by Crippen LogP contribution is 2.13. The molecule has 0 atom stereocenters. The molecule has 0 unspecified atom stereocenters. The number of ether oxygens (including phenoxy) is 1. The lowest BCUT2D eigenvalue weighted by Gasteiger charge is -2.04. The van der Waals surface area contributed by atoms with E-state index in [2.05, 4.69) is 20.6 Å². The van der Waals surface area contributed by atoms with Crippen LogP contribution in [0, 0.1) is 13.8 Å². The zero-order valence-electron chi connectivity index (χ0n) is 14.1. The Morgan fingerprint density at radius 1 is 1.32 bits per heavy atom. The maximum atomic E-state index is 12.0. The summed E-state index contributed by atoms with van der Waals surface area (Å²) in [6, 6.07) is 7.80. The maximum absolute atomic E-state index is 12.0. The highest BCUT2D eigenvalue weighted by molar-refractivity contribution is 7.09. The molecule has 0 spiro atoms. The van der Waals surface area contributed by atoms with Gasteiger partial charge in [-0.2, -0.15) is 0 Å². The fourth-order valence-corrected chi connectivity index (χ4v) is 2.84. The fourth-order valence-electron chi connectivity index (χ4n) is 2.23. The predicted octanol–water partition coefficient (Wildman–Crippen LogP) is 2.25. The van der Waals surface area contributed by atoms with E-state index in [9.17, 15) is 4.79 Å². The largest absolute Gasteiger partial charge is 0.487 e. The molecule has 8 heteroatoms. The number of amides is 1. The first-order valence-electron chi connectivity index (χ1n) is 7.84. The lowest BCUT2D eigenvalue weighted by molar-refractivity contribution is -0.122. The molecule has 2 aromatic heterocycles. The van der Waals surface area contributed by atoms with Gasteiger partial charge in [-0.3, -0.25) is 4.79 Å². The van der Waals surface area contributed by atoms with Gasteiger partial charge in [0.1, 0.15) is 24.6 Å². The van der Waals surface area contributed by atoms with Gasteiger partial charge < -0.3 is 10.1 Å². The minimum Gasteiger partial charge on any atom is -0.487 e. The van der Waals surface area contributed by atoms with Crippen LogP contribution in [0.4, 0.5) is 0 Å². The lowest BCUT2D eigenvalue weighted by atomic mass is 10.2. The van der Waals surface area contributed by atoms with Gasteiger partial charge in [-0.15, -0.1) is 16.4 Å². The summed E-state index contributed by atoms with van der Waals surface area (Å²) < 4.78 is 7.17. The zero-order valence-corrected chi connectivity index (χ0v) is 14.9. The molecular weight excluding hydrogens is 338 g/mol. The van der Waals surface area contributed by atoms with Crippen LogP contribution in [0.25, 0.3) is 0 Å². The smallest absolute Gasteiger partial charge is 0.242 e. The van der Waals surface area contributed by atoms with Gasteiger partial charge in [-0.05, 0) is 31.5 Å². The molecule has 3 aromatic rings. The Morgan fingerprint density at radius 2 is 2.20 bits per heavy atom. The van der Waals surface area contributed by atoms with Gasteiger partial charge >= 0.3 is 0 Å². The van der Waals surface area contributed by atoms with E-state index in [4.69, 9.17) is 4.74 Å². The Morgan fingerprint density at radius 3 is 2.96 bits per heavy atom. The minimum atomic E-state index is -0.137. The van der Waals surface area contributed by atoms with Crippen molar-refractivity contribution in [3.05, 3.63) is 57.8 Å². The molecule has 0 aliphatic carbocycles. The molecule has 3 rings (SSSR count). The summed E-state index contributed by atoms with van der Waals surface area (Å²) in [6.45, 7) is 4.78. The van der Waals surface area contributed by atoms with Crippen LogP contribution in [0.5, 0.6) is 5.75 Å². The second-order valence-corrected chi connectivity index (χ2v) is 6.71. The van der Waals surface area contributed by atoms with Crippen LogP contribution in [-0.2, 0) is 24.5 Å². The van der Waals surface area contributed by atoms with Crippen LogP contribution in [0.1, 0.15) is 22.0 Å². The molecule has 130 valence electrons.